The van der Waals surface area contributed by atoms with E-state index in [1.165, 1.54) is 12.1 Å². The van der Waals surface area contributed by atoms with Gasteiger partial charge < -0.3 is 11.5 Å². The Labute approximate surface area is 64.0 Å². The first-order valence-electron chi connectivity index (χ1n) is 4.02. The summed E-state index contributed by atoms with van der Waals surface area (Å²) in [7, 11) is -0.900. The second kappa shape index (κ2) is 2.64. The average molecular weight is 158 g/mol. The minimum absolute atomic E-state index is 0.278. The third-order valence-corrected chi connectivity index (χ3v) is 5.71. The number of rotatable bonds is 0. The van der Waals surface area contributed by atoms with Crippen LogP contribution in [0.25, 0.3) is 0 Å². The summed E-state index contributed by atoms with van der Waals surface area (Å²) in [4.78, 5) is 0. The highest BCUT2D eigenvalue weighted by Crippen LogP contribution is 2.26. The first-order chi connectivity index (χ1) is 4.51. The van der Waals surface area contributed by atoms with Crippen molar-refractivity contribution in [3.63, 3.8) is 0 Å². The molecule has 0 saturated carbocycles. The maximum absolute atomic E-state index is 5.86. The summed E-state index contributed by atoms with van der Waals surface area (Å²) in [5, 5.41) is 0. The molecule has 60 valence electrons. The average Bonchev–Trinajstić information content (AvgIpc) is 1.79. The molecule has 2 nitrogen and oxygen atoms in total. The molecule has 0 aliphatic carbocycles. The van der Waals surface area contributed by atoms with Gasteiger partial charge in [0.2, 0.25) is 0 Å². The van der Waals surface area contributed by atoms with E-state index >= 15 is 0 Å². The third kappa shape index (κ3) is 1.81. The summed E-state index contributed by atoms with van der Waals surface area (Å²) in [5.74, 6) is 0. The van der Waals surface area contributed by atoms with E-state index in [9.17, 15) is 0 Å². The highest BCUT2D eigenvalue weighted by Gasteiger charge is 2.31. The van der Waals surface area contributed by atoms with Gasteiger partial charge in [-0.15, -0.1) is 0 Å². The Morgan fingerprint density at radius 3 is 2.20 bits per heavy atom. The zero-order valence-electron chi connectivity index (χ0n) is 6.93. The molecule has 1 aliphatic rings. The van der Waals surface area contributed by atoms with Crippen molar-refractivity contribution >= 4 is 8.07 Å². The normalized spacial score (nSPS) is 39.6. The summed E-state index contributed by atoms with van der Waals surface area (Å²) in [5.41, 5.74) is 11.7. The highest BCUT2D eigenvalue weighted by atomic mass is 28.3. The number of hydrogen-bond acceptors (Lipinski definition) is 2. The van der Waals surface area contributed by atoms with E-state index in [0.717, 1.165) is 6.42 Å². The minimum atomic E-state index is -0.900. The van der Waals surface area contributed by atoms with E-state index in [0.29, 0.717) is 0 Å². The smallest absolute Gasteiger partial charge is 0.0490 e. The van der Waals surface area contributed by atoms with Crippen molar-refractivity contribution in [2.75, 3.05) is 0 Å². The zero-order chi connectivity index (χ0) is 7.78. The zero-order valence-corrected chi connectivity index (χ0v) is 7.93. The molecule has 1 rings (SSSR count). The summed E-state index contributed by atoms with van der Waals surface area (Å²) < 4.78 is 0. The molecule has 1 fully saturated rings. The molecule has 10 heavy (non-hydrogen) atoms. The fourth-order valence-corrected chi connectivity index (χ4v) is 4.56. The quantitative estimate of drug-likeness (QED) is 0.511. The van der Waals surface area contributed by atoms with Gasteiger partial charge in [0.05, 0.1) is 0 Å². The van der Waals surface area contributed by atoms with E-state index in [1.54, 1.807) is 0 Å². The predicted octanol–water partition coefficient (Wildman–Crippen LogP) is 0.753. The standard InChI is InChI=1S/C7H18N2Si/c1-10(2)4-3-6(8)7(9)5-10/h6-7H,3-5,8-9H2,1-2H3. The van der Waals surface area contributed by atoms with Gasteiger partial charge in [0.25, 0.3) is 0 Å². The van der Waals surface area contributed by atoms with Crippen LogP contribution in [0.3, 0.4) is 0 Å². The van der Waals surface area contributed by atoms with Crippen LogP contribution in [-0.2, 0) is 0 Å². The van der Waals surface area contributed by atoms with Crippen molar-refractivity contribution in [1.29, 1.82) is 0 Å². The molecule has 3 heteroatoms. The van der Waals surface area contributed by atoms with Crippen LogP contribution in [0.4, 0.5) is 0 Å². The first-order valence-corrected chi connectivity index (χ1v) is 7.44. The molecule has 0 bridgehead atoms. The molecule has 0 aromatic rings. The van der Waals surface area contributed by atoms with Crippen LogP contribution >= 0.6 is 0 Å². The SMILES string of the molecule is C[Si]1(C)CCC(N)C(N)C1. The van der Waals surface area contributed by atoms with Crippen LogP contribution in [0, 0.1) is 0 Å². The first kappa shape index (κ1) is 8.24. The van der Waals surface area contributed by atoms with Crippen molar-refractivity contribution in [1.82, 2.24) is 0 Å². The van der Waals surface area contributed by atoms with E-state index in [1.807, 2.05) is 0 Å². The van der Waals surface area contributed by atoms with Crippen molar-refractivity contribution in [3.05, 3.63) is 0 Å². The van der Waals surface area contributed by atoms with Gasteiger partial charge in [-0.05, 0) is 12.5 Å². The lowest BCUT2D eigenvalue weighted by Gasteiger charge is -2.35. The Bertz CT molecular complexity index is 125. The molecule has 0 aromatic carbocycles. The molecule has 1 aliphatic heterocycles. The van der Waals surface area contributed by atoms with Gasteiger partial charge in [-0.25, -0.2) is 0 Å². The fourth-order valence-electron chi connectivity index (χ4n) is 1.66. The van der Waals surface area contributed by atoms with Gasteiger partial charge in [-0.1, -0.05) is 19.1 Å². The van der Waals surface area contributed by atoms with Crippen molar-refractivity contribution in [2.45, 2.75) is 43.7 Å². The third-order valence-electron chi connectivity index (χ3n) is 2.49. The summed E-state index contributed by atoms with van der Waals surface area (Å²) in [6.07, 6.45) is 1.15. The van der Waals surface area contributed by atoms with Gasteiger partial charge in [0, 0.05) is 20.2 Å². The molecule has 0 aromatic heterocycles. The largest absolute Gasteiger partial charge is 0.327 e. The van der Waals surface area contributed by atoms with E-state index < -0.39 is 8.07 Å². The Hall–Kier alpha value is 0.137. The van der Waals surface area contributed by atoms with Crippen LogP contribution in [0.1, 0.15) is 6.42 Å². The molecular formula is C7H18N2Si. The summed E-state index contributed by atoms with van der Waals surface area (Å²) in [6.45, 7) is 4.80. The van der Waals surface area contributed by atoms with Crippen LogP contribution in [-0.4, -0.2) is 20.2 Å². The Morgan fingerprint density at radius 1 is 1.20 bits per heavy atom. The van der Waals surface area contributed by atoms with Crippen molar-refractivity contribution in [3.8, 4) is 0 Å². The van der Waals surface area contributed by atoms with Gasteiger partial charge in [0.15, 0.2) is 0 Å². The number of nitrogens with two attached hydrogens (primary N) is 2. The summed E-state index contributed by atoms with van der Waals surface area (Å²) >= 11 is 0. The lowest BCUT2D eigenvalue weighted by atomic mass is 10.1. The van der Waals surface area contributed by atoms with Gasteiger partial charge in [-0.2, -0.15) is 0 Å². The Morgan fingerprint density at radius 2 is 1.80 bits per heavy atom. The molecule has 1 saturated heterocycles. The second-order valence-electron chi connectivity index (χ2n) is 4.23. The molecule has 0 radical (unpaired) electrons. The maximum Gasteiger partial charge on any atom is 0.0490 e. The van der Waals surface area contributed by atoms with Crippen LogP contribution in [0.15, 0.2) is 0 Å². The highest BCUT2D eigenvalue weighted by molar-refractivity contribution is 6.77. The molecule has 0 amide bonds. The molecule has 0 spiro atoms. The van der Waals surface area contributed by atoms with Crippen molar-refractivity contribution < 1.29 is 0 Å². The predicted molar refractivity (Wildman–Crippen MR) is 47.7 cm³/mol. The molecule has 2 unspecified atom stereocenters. The van der Waals surface area contributed by atoms with Crippen LogP contribution in [0.5, 0.6) is 0 Å². The lowest BCUT2D eigenvalue weighted by Crippen LogP contribution is -2.51. The summed E-state index contributed by atoms with van der Waals surface area (Å²) in [6, 6.07) is 3.15. The van der Waals surface area contributed by atoms with Gasteiger partial charge in [0.1, 0.15) is 0 Å². The topological polar surface area (TPSA) is 52.0 Å². The molecule has 2 atom stereocenters. The lowest BCUT2D eigenvalue weighted by molar-refractivity contribution is 0.514. The fraction of sp³-hybridized carbons (Fsp3) is 1.00. The van der Waals surface area contributed by atoms with E-state index in [-0.39, 0.29) is 12.1 Å². The van der Waals surface area contributed by atoms with Gasteiger partial charge in [-0.3, -0.25) is 0 Å². The second-order valence-corrected chi connectivity index (χ2v) is 9.47. The minimum Gasteiger partial charge on any atom is -0.327 e. The Kier molecular flexibility index (Phi) is 2.17. The van der Waals surface area contributed by atoms with E-state index in [2.05, 4.69) is 13.1 Å². The molecular weight excluding hydrogens is 140 g/mol. The van der Waals surface area contributed by atoms with Crippen LogP contribution in [0.2, 0.25) is 25.2 Å². The van der Waals surface area contributed by atoms with Gasteiger partial charge >= 0.3 is 0 Å². The van der Waals surface area contributed by atoms with Crippen LogP contribution < -0.4 is 11.5 Å². The molecule has 1 heterocycles. The Balaban J connectivity index is 2.49. The molecule has 4 N–H and O–H groups in total. The maximum atomic E-state index is 5.86. The van der Waals surface area contributed by atoms with Crippen molar-refractivity contribution in [2.24, 2.45) is 11.5 Å². The number of hydrogen-bond donors (Lipinski definition) is 2. The van der Waals surface area contributed by atoms with E-state index in [4.69, 9.17) is 11.5 Å². The monoisotopic (exact) mass is 158 g/mol.